The first-order valence-corrected chi connectivity index (χ1v) is 14.1. The molecule has 0 aromatic heterocycles. The maximum Gasteiger partial charge on any atom is 0.303 e. The molecule has 0 spiro atoms. The molecule has 37 heavy (non-hydrogen) atoms. The quantitative estimate of drug-likeness (QED) is 0.245. The van der Waals surface area contributed by atoms with E-state index < -0.39 is 0 Å². The van der Waals surface area contributed by atoms with Crippen LogP contribution in [-0.2, 0) is 19.1 Å². The minimum Gasteiger partial charge on any atom is -0.460 e. The van der Waals surface area contributed by atoms with Crippen molar-refractivity contribution < 1.29 is 19.1 Å². The van der Waals surface area contributed by atoms with Crippen molar-refractivity contribution in [2.75, 3.05) is 25.0 Å². The number of benzene rings is 1. The summed E-state index contributed by atoms with van der Waals surface area (Å²) >= 11 is 0. The molecule has 2 rings (SSSR count). The molecule has 1 aromatic carbocycles. The Morgan fingerprint density at radius 1 is 1.14 bits per heavy atom. The number of anilines is 1. The van der Waals surface area contributed by atoms with Gasteiger partial charge in [0.25, 0.3) is 0 Å². The van der Waals surface area contributed by atoms with Gasteiger partial charge in [0.2, 0.25) is 5.91 Å². The molecule has 1 aliphatic rings. The van der Waals surface area contributed by atoms with Crippen molar-refractivity contribution in [2.45, 2.75) is 117 Å². The zero-order chi connectivity index (χ0) is 27.8. The van der Waals surface area contributed by atoms with E-state index in [-0.39, 0.29) is 23.4 Å². The fourth-order valence-electron chi connectivity index (χ4n) is 4.58. The molecule has 1 heterocycles. The van der Waals surface area contributed by atoms with Crippen molar-refractivity contribution in [1.29, 1.82) is 0 Å². The molecule has 1 N–H and O–H groups in total. The number of ether oxygens (including phenoxy) is 2. The second kappa shape index (κ2) is 17.2. The molecule has 1 fully saturated rings. The van der Waals surface area contributed by atoms with Gasteiger partial charge in [0.05, 0.1) is 18.1 Å². The van der Waals surface area contributed by atoms with E-state index in [4.69, 9.17) is 9.47 Å². The first-order chi connectivity index (χ1) is 17.5. The molecule has 6 nitrogen and oxygen atoms in total. The minimum atomic E-state index is -0.328. The lowest BCUT2D eigenvalue weighted by Crippen LogP contribution is -2.38. The van der Waals surface area contributed by atoms with Crippen molar-refractivity contribution in [3.05, 3.63) is 42.5 Å². The molecule has 1 aromatic rings. The number of carbonyl (C=O) groups excluding carboxylic acids is 2. The van der Waals surface area contributed by atoms with Crippen molar-refractivity contribution in [3.8, 4) is 0 Å². The average molecular weight is 517 g/mol. The number of esters is 1. The zero-order valence-electron chi connectivity index (χ0n) is 24.5. The van der Waals surface area contributed by atoms with Gasteiger partial charge in [0.15, 0.2) is 0 Å². The lowest BCUT2D eigenvalue weighted by molar-refractivity contribution is -0.151. The molecule has 1 aliphatic heterocycles. The van der Waals surface area contributed by atoms with Crippen LogP contribution in [0.25, 0.3) is 0 Å². The smallest absolute Gasteiger partial charge is 0.303 e. The van der Waals surface area contributed by atoms with Crippen LogP contribution in [0.5, 0.6) is 0 Å². The van der Waals surface area contributed by atoms with Gasteiger partial charge in [-0.2, -0.15) is 0 Å². The van der Waals surface area contributed by atoms with E-state index in [0.717, 1.165) is 50.8 Å². The molecule has 2 unspecified atom stereocenters. The van der Waals surface area contributed by atoms with Gasteiger partial charge in [-0.15, -0.1) is 6.58 Å². The van der Waals surface area contributed by atoms with E-state index in [2.05, 4.69) is 54.9 Å². The summed E-state index contributed by atoms with van der Waals surface area (Å²) in [5.41, 5.74) is 1.99. The number of carbonyl (C=O) groups is 2. The SMILES string of the molecule is C=CCCC(C(=O)NC)c1ccc(N2CCC(OC(CC)CCCC)CC2)cc1.CC(=O)OC(C)(C)C. The maximum atomic E-state index is 12.2. The summed E-state index contributed by atoms with van der Waals surface area (Å²) < 4.78 is 11.2. The Balaban J connectivity index is 0.000000738. The Morgan fingerprint density at radius 2 is 1.76 bits per heavy atom. The molecule has 1 saturated heterocycles. The van der Waals surface area contributed by atoms with Crippen LogP contribution in [0.15, 0.2) is 36.9 Å². The highest BCUT2D eigenvalue weighted by Crippen LogP contribution is 2.27. The summed E-state index contributed by atoms with van der Waals surface area (Å²) in [6.07, 6.45) is 11.3. The Morgan fingerprint density at radius 3 is 2.19 bits per heavy atom. The second-order valence-corrected chi connectivity index (χ2v) is 10.8. The van der Waals surface area contributed by atoms with Crippen LogP contribution in [0, 0.1) is 0 Å². The highest BCUT2D eigenvalue weighted by molar-refractivity contribution is 5.83. The Hall–Kier alpha value is -2.34. The van der Waals surface area contributed by atoms with Crippen LogP contribution in [0.3, 0.4) is 0 Å². The number of hydrogen-bond acceptors (Lipinski definition) is 5. The van der Waals surface area contributed by atoms with Gasteiger partial charge in [0.1, 0.15) is 5.60 Å². The van der Waals surface area contributed by atoms with Crippen LogP contribution in [0.2, 0.25) is 0 Å². The normalized spacial score (nSPS) is 15.7. The molecule has 0 aliphatic carbocycles. The number of amides is 1. The largest absolute Gasteiger partial charge is 0.460 e. The standard InChI is InChI=1S/C25H40N2O2.C6H12O2/c1-5-8-10-22(7-3)29-23-16-18-27(19-17-23)21-14-12-20(13-15-21)24(11-9-6-2)25(28)26-4;1-5(7)8-6(2,3)4/h6,12-15,22-24H,2,5,7-11,16-19H2,1,3-4H3,(H,26,28);1-4H3. The topological polar surface area (TPSA) is 67.9 Å². The third-order valence-electron chi connectivity index (χ3n) is 6.49. The van der Waals surface area contributed by atoms with Gasteiger partial charge in [-0.1, -0.05) is 44.9 Å². The Bertz CT molecular complexity index is 792. The van der Waals surface area contributed by atoms with Gasteiger partial charge in [0, 0.05) is 32.7 Å². The van der Waals surface area contributed by atoms with Crippen LogP contribution >= 0.6 is 0 Å². The average Bonchev–Trinajstić information content (AvgIpc) is 2.86. The summed E-state index contributed by atoms with van der Waals surface area (Å²) in [7, 11) is 1.70. The van der Waals surface area contributed by atoms with Crippen molar-refractivity contribution in [2.24, 2.45) is 0 Å². The number of hydrogen-bond donors (Lipinski definition) is 1. The number of rotatable bonds is 12. The summed E-state index contributed by atoms with van der Waals surface area (Å²) in [5.74, 6) is -0.260. The molecule has 6 heteroatoms. The predicted molar refractivity (Wildman–Crippen MR) is 154 cm³/mol. The summed E-state index contributed by atoms with van der Waals surface area (Å²) in [4.78, 5) is 24.9. The summed E-state index contributed by atoms with van der Waals surface area (Å²) in [6, 6.07) is 8.55. The monoisotopic (exact) mass is 516 g/mol. The highest BCUT2D eigenvalue weighted by atomic mass is 16.6. The number of nitrogens with one attached hydrogen (secondary N) is 1. The van der Waals surface area contributed by atoms with Crippen LogP contribution in [-0.4, -0.2) is 49.8 Å². The Kier molecular flexibility index (Phi) is 15.2. The third kappa shape index (κ3) is 13.1. The molecule has 0 radical (unpaired) electrons. The van der Waals surface area contributed by atoms with E-state index >= 15 is 0 Å². The van der Waals surface area contributed by atoms with E-state index in [1.165, 1.54) is 31.9 Å². The van der Waals surface area contributed by atoms with E-state index in [1.54, 1.807) is 7.05 Å². The Labute approximate surface area is 226 Å². The van der Waals surface area contributed by atoms with E-state index in [0.29, 0.717) is 12.2 Å². The van der Waals surface area contributed by atoms with Crippen LogP contribution in [0.4, 0.5) is 5.69 Å². The molecule has 2 atom stereocenters. The van der Waals surface area contributed by atoms with E-state index in [9.17, 15) is 9.59 Å². The number of unbranched alkanes of at least 4 members (excludes halogenated alkanes) is 1. The fraction of sp³-hybridized carbons (Fsp3) is 0.677. The number of piperidine rings is 1. The van der Waals surface area contributed by atoms with E-state index in [1.807, 2.05) is 26.8 Å². The van der Waals surface area contributed by atoms with Crippen LogP contribution in [0.1, 0.15) is 104 Å². The van der Waals surface area contributed by atoms with Gasteiger partial charge in [-0.25, -0.2) is 0 Å². The number of allylic oxidation sites excluding steroid dienone is 1. The number of nitrogens with zero attached hydrogens (tertiary/aromatic N) is 1. The molecular weight excluding hydrogens is 464 g/mol. The maximum absolute atomic E-state index is 12.2. The molecule has 210 valence electrons. The first kappa shape index (κ1) is 32.7. The molecular formula is C31H52N2O4. The molecule has 1 amide bonds. The van der Waals surface area contributed by atoms with Gasteiger partial charge >= 0.3 is 5.97 Å². The van der Waals surface area contributed by atoms with Gasteiger partial charge in [-0.05, 0) is 77.0 Å². The van der Waals surface area contributed by atoms with Crippen molar-refractivity contribution >= 4 is 17.6 Å². The summed E-state index contributed by atoms with van der Waals surface area (Å²) in [6.45, 7) is 17.3. The molecule has 0 bridgehead atoms. The summed E-state index contributed by atoms with van der Waals surface area (Å²) in [5, 5.41) is 2.79. The minimum absolute atomic E-state index is 0.0751. The first-order valence-electron chi connectivity index (χ1n) is 14.1. The third-order valence-corrected chi connectivity index (χ3v) is 6.49. The molecule has 0 saturated carbocycles. The lowest BCUT2D eigenvalue weighted by Gasteiger charge is -2.35. The fourth-order valence-corrected chi connectivity index (χ4v) is 4.58. The van der Waals surface area contributed by atoms with Crippen LogP contribution < -0.4 is 10.2 Å². The van der Waals surface area contributed by atoms with Gasteiger partial charge in [-0.3, -0.25) is 9.59 Å². The lowest BCUT2D eigenvalue weighted by atomic mass is 9.93. The predicted octanol–water partition coefficient (Wildman–Crippen LogP) is 6.78. The number of likely N-dealkylation sites (N-methyl/N-ethyl adjacent to an activating group) is 1. The van der Waals surface area contributed by atoms with Crippen molar-refractivity contribution in [3.63, 3.8) is 0 Å². The van der Waals surface area contributed by atoms with Crippen molar-refractivity contribution in [1.82, 2.24) is 5.32 Å². The zero-order valence-corrected chi connectivity index (χ0v) is 24.5. The highest BCUT2D eigenvalue weighted by Gasteiger charge is 2.23. The second-order valence-electron chi connectivity index (χ2n) is 10.8. The van der Waals surface area contributed by atoms with Gasteiger partial charge < -0.3 is 19.7 Å².